The lowest BCUT2D eigenvalue weighted by molar-refractivity contribution is -0.121. The molecule has 3 nitrogen and oxygen atoms in total. The van der Waals surface area contributed by atoms with E-state index in [9.17, 15) is 4.79 Å². The van der Waals surface area contributed by atoms with Crippen LogP contribution in [-0.4, -0.2) is 20.2 Å². The lowest BCUT2D eigenvalue weighted by atomic mass is 10.1. The van der Waals surface area contributed by atoms with Crippen molar-refractivity contribution in [2.45, 2.75) is 31.2 Å². The number of hydrogen-bond acceptors (Lipinski definition) is 3. The van der Waals surface area contributed by atoms with E-state index in [1.165, 1.54) is 0 Å². The Labute approximate surface area is 125 Å². The number of amides is 1. The van der Waals surface area contributed by atoms with Crippen LogP contribution in [0.25, 0.3) is 0 Å². The SMILES string of the molecule is CC1N=C(I)SC1C(=O)N[C@H](C)c1ccccc1. The summed E-state index contributed by atoms with van der Waals surface area (Å²) in [5.74, 6) is 0.0688. The zero-order valence-corrected chi connectivity index (χ0v) is 13.2. The molecule has 0 fully saturated rings. The monoisotopic (exact) mass is 374 g/mol. The van der Waals surface area contributed by atoms with E-state index in [2.05, 4.69) is 32.9 Å². The van der Waals surface area contributed by atoms with Crippen LogP contribution in [-0.2, 0) is 4.79 Å². The predicted molar refractivity (Wildman–Crippen MR) is 85.3 cm³/mol. The number of carbonyl (C=O) groups excluding carboxylic acids is 1. The molecule has 0 spiro atoms. The van der Waals surface area contributed by atoms with Crippen molar-refractivity contribution < 1.29 is 4.79 Å². The molecule has 0 aliphatic carbocycles. The van der Waals surface area contributed by atoms with Crippen LogP contribution >= 0.6 is 34.4 Å². The van der Waals surface area contributed by atoms with Gasteiger partial charge in [-0.2, -0.15) is 0 Å². The van der Waals surface area contributed by atoms with E-state index < -0.39 is 0 Å². The molecule has 1 aliphatic heterocycles. The van der Waals surface area contributed by atoms with Gasteiger partial charge >= 0.3 is 0 Å². The molecule has 0 saturated carbocycles. The summed E-state index contributed by atoms with van der Waals surface area (Å²) in [6.07, 6.45) is 0. The number of hydrogen-bond donors (Lipinski definition) is 1. The molecule has 3 atom stereocenters. The molecule has 2 unspecified atom stereocenters. The van der Waals surface area contributed by atoms with Gasteiger partial charge in [0.1, 0.15) is 8.30 Å². The average Bonchev–Trinajstić information content (AvgIpc) is 2.69. The molecular weight excluding hydrogens is 359 g/mol. The van der Waals surface area contributed by atoms with Gasteiger partial charge in [0.15, 0.2) is 0 Å². The lowest BCUT2D eigenvalue weighted by Crippen LogP contribution is -2.38. The maximum atomic E-state index is 12.2. The topological polar surface area (TPSA) is 41.5 Å². The molecule has 0 bridgehead atoms. The molecule has 96 valence electrons. The molecule has 1 aromatic carbocycles. The first kappa shape index (κ1) is 13.9. The molecule has 1 amide bonds. The molecule has 1 aromatic rings. The summed E-state index contributed by atoms with van der Waals surface area (Å²) in [6, 6.07) is 10.1. The third kappa shape index (κ3) is 3.26. The summed E-state index contributed by atoms with van der Waals surface area (Å²) in [7, 11) is 0. The molecular formula is C13H15IN2OS. The Kier molecular flexibility index (Phi) is 4.66. The molecule has 1 N–H and O–H groups in total. The Morgan fingerprint density at radius 1 is 1.44 bits per heavy atom. The summed E-state index contributed by atoms with van der Waals surface area (Å²) >= 11 is 3.72. The molecule has 1 heterocycles. The fourth-order valence-corrected chi connectivity index (χ4v) is 3.99. The predicted octanol–water partition coefficient (Wildman–Crippen LogP) is 3.16. The number of aliphatic imine (C=N–C) groups is 1. The van der Waals surface area contributed by atoms with Crippen LogP contribution in [0.4, 0.5) is 0 Å². The van der Waals surface area contributed by atoms with Crippen LogP contribution in [0.15, 0.2) is 35.3 Å². The molecule has 18 heavy (non-hydrogen) atoms. The quantitative estimate of drug-likeness (QED) is 0.826. The first-order valence-electron chi connectivity index (χ1n) is 5.83. The van der Waals surface area contributed by atoms with Crippen LogP contribution in [0.3, 0.4) is 0 Å². The molecule has 0 radical (unpaired) electrons. The molecule has 0 saturated heterocycles. The maximum absolute atomic E-state index is 12.2. The van der Waals surface area contributed by atoms with Gasteiger partial charge in [-0.15, -0.1) is 0 Å². The Morgan fingerprint density at radius 2 is 2.11 bits per heavy atom. The number of nitrogens with one attached hydrogen (secondary N) is 1. The van der Waals surface area contributed by atoms with Crippen LogP contribution in [0, 0.1) is 0 Å². The van der Waals surface area contributed by atoms with Gasteiger partial charge in [0.2, 0.25) is 5.91 Å². The zero-order chi connectivity index (χ0) is 13.1. The number of thioether (sulfide) groups is 1. The Balaban J connectivity index is 1.96. The second-order valence-corrected chi connectivity index (χ2v) is 7.19. The lowest BCUT2D eigenvalue weighted by Gasteiger charge is -2.18. The van der Waals surface area contributed by atoms with E-state index in [1.807, 2.05) is 44.2 Å². The van der Waals surface area contributed by atoms with E-state index in [0.717, 1.165) is 8.61 Å². The molecule has 0 aromatic heterocycles. The summed E-state index contributed by atoms with van der Waals surface area (Å²) < 4.78 is 0.965. The fraction of sp³-hybridized carbons (Fsp3) is 0.385. The van der Waals surface area contributed by atoms with Crippen LogP contribution < -0.4 is 5.32 Å². The van der Waals surface area contributed by atoms with E-state index in [0.29, 0.717) is 0 Å². The van der Waals surface area contributed by atoms with E-state index in [4.69, 9.17) is 0 Å². The maximum Gasteiger partial charge on any atom is 0.236 e. The van der Waals surface area contributed by atoms with Gasteiger partial charge in [-0.25, -0.2) is 0 Å². The molecule has 1 aliphatic rings. The van der Waals surface area contributed by atoms with Gasteiger partial charge in [0.25, 0.3) is 0 Å². The summed E-state index contributed by atoms with van der Waals surface area (Å²) in [4.78, 5) is 16.6. The van der Waals surface area contributed by atoms with Gasteiger partial charge in [0, 0.05) is 0 Å². The summed E-state index contributed by atoms with van der Waals surface area (Å²) in [5.41, 5.74) is 1.12. The van der Waals surface area contributed by atoms with E-state index in [-0.39, 0.29) is 23.2 Å². The normalized spacial score (nSPS) is 24.5. The van der Waals surface area contributed by atoms with E-state index in [1.54, 1.807) is 11.8 Å². The molecule has 2 rings (SSSR count). The zero-order valence-electron chi connectivity index (χ0n) is 10.3. The first-order chi connectivity index (χ1) is 8.58. The van der Waals surface area contributed by atoms with Crippen LogP contribution in [0.1, 0.15) is 25.5 Å². The van der Waals surface area contributed by atoms with Crippen molar-refractivity contribution in [1.82, 2.24) is 5.32 Å². The second-order valence-electron chi connectivity index (χ2n) is 4.30. The highest BCUT2D eigenvalue weighted by Gasteiger charge is 2.32. The largest absolute Gasteiger partial charge is 0.349 e. The van der Waals surface area contributed by atoms with Crippen LogP contribution in [0.2, 0.25) is 0 Å². The van der Waals surface area contributed by atoms with Gasteiger partial charge in [0.05, 0.1) is 12.1 Å². The van der Waals surface area contributed by atoms with Crippen molar-refractivity contribution in [3.05, 3.63) is 35.9 Å². The van der Waals surface area contributed by atoms with Gasteiger partial charge in [-0.1, -0.05) is 42.1 Å². The number of nitrogens with zero attached hydrogens (tertiary/aromatic N) is 1. The minimum Gasteiger partial charge on any atom is -0.349 e. The number of benzene rings is 1. The van der Waals surface area contributed by atoms with E-state index >= 15 is 0 Å². The van der Waals surface area contributed by atoms with Gasteiger partial charge < -0.3 is 5.32 Å². The minimum atomic E-state index is -0.0944. The number of carbonyl (C=O) groups is 1. The first-order valence-corrected chi connectivity index (χ1v) is 7.79. The Bertz CT molecular complexity index is 463. The van der Waals surface area contributed by atoms with Crippen molar-refractivity contribution in [2.24, 2.45) is 4.99 Å². The summed E-state index contributed by atoms with van der Waals surface area (Å²) in [5, 5.41) is 2.96. The smallest absolute Gasteiger partial charge is 0.236 e. The highest BCUT2D eigenvalue weighted by atomic mass is 127. The van der Waals surface area contributed by atoms with Gasteiger partial charge in [-0.05, 0) is 42.0 Å². The highest BCUT2D eigenvalue weighted by molar-refractivity contribution is 14.1. The Hall–Kier alpha value is -0.560. The van der Waals surface area contributed by atoms with Crippen molar-refractivity contribution >= 4 is 43.3 Å². The second kappa shape index (κ2) is 6.06. The van der Waals surface area contributed by atoms with Crippen LogP contribution in [0.5, 0.6) is 0 Å². The highest BCUT2D eigenvalue weighted by Crippen LogP contribution is 2.30. The van der Waals surface area contributed by atoms with Crippen molar-refractivity contribution in [2.75, 3.05) is 0 Å². The standard InChI is InChI=1S/C13H15IN2OS/c1-8(10-6-4-3-5-7-10)15-12(17)11-9(2)16-13(14)18-11/h3-9,11H,1-2H3,(H,15,17)/t8-,9?,11?/m1/s1. The minimum absolute atomic E-state index is 0.0322. The number of rotatable bonds is 3. The number of halogens is 1. The third-order valence-corrected chi connectivity index (χ3v) is 5.09. The van der Waals surface area contributed by atoms with Crippen molar-refractivity contribution in [3.63, 3.8) is 0 Å². The third-order valence-electron chi connectivity index (χ3n) is 2.88. The van der Waals surface area contributed by atoms with Gasteiger partial charge in [-0.3, -0.25) is 9.79 Å². The van der Waals surface area contributed by atoms with Crippen molar-refractivity contribution in [1.29, 1.82) is 0 Å². The fourth-order valence-electron chi connectivity index (χ4n) is 1.85. The summed E-state index contributed by atoms with van der Waals surface area (Å²) in [6.45, 7) is 3.99. The van der Waals surface area contributed by atoms with Crippen molar-refractivity contribution in [3.8, 4) is 0 Å². The average molecular weight is 374 g/mol. The Morgan fingerprint density at radius 3 is 2.67 bits per heavy atom. The molecule has 5 heteroatoms.